The third-order valence-electron chi connectivity index (χ3n) is 4.76. The van der Waals surface area contributed by atoms with Crippen LogP contribution >= 0.6 is 23.5 Å². The van der Waals surface area contributed by atoms with E-state index in [4.69, 9.17) is 19.5 Å². The second-order valence-electron chi connectivity index (χ2n) is 7.33. The Labute approximate surface area is 200 Å². The highest BCUT2D eigenvalue weighted by atomic mass is 32.2. The lowest BCUT2D eigenvalue weighted by Crippen LogP contribution is -2.53. The number of carbonyl (C=O) groups is 3. The van der Waals surface area contributed by atoms with E-state index in [2.05, 4.69) is 6.07 Å². The number of benzene rings is 2. The first-order valence-corrected chi connectivity index (χ1v) is 12.1. The number of nitriles is 1. The van der Waals surface area contributed by atoms with Gasteiger partial charge in [-0.05, 0) is 35.4 Å². The van der Waals surface area contributed by atoms with Gasteiger partial charge in [-0.1, -0.05) is 24.3 Å². The summed E-state index contributed by atoms with van der Waals surface area (Å²) in [6.07, 6.45) is -2.40. The largest absolute Gasteiger partial charge is 0.458 e. The standard InChI is InChI=1S/C24H23NO6S2/c1-14(26)29-21-13-32-24(23(31-16(3)28)22(21)30-15(2)27)33-20-10-8-19(9-11-20)18-6-4-17(12-25)5-7-18/h4-11,21-24H,13H2,1-3H3/t21-,22+,23-,24+/m1/s1. The Kier molecular flexibility index (Phi) is 8.42. The van der Waals surface area contributed by atoms with Crippen molar-refractivity contribution in [3.63, 3.8) is 0 Å². The summed E-state index contributed by atoms with van der Waals surface area (Å²) >= 11 is 2.97. The van der Waals surface area contributed by atoms with Crippen molar-refractivity contribution >= 4 is 41.4 Å². The van der Waals surface area contributed by atoms with Crippen LogP contribution in [0.1, 0.15) is 26.3 Å². The second-order valence-corrected chi connectivity index (χ2v) is 10.0. The number of carbonyl (C=O) groups excluding carboxylic acids is 3. The highest BCUT2D eigenvalue weighted by Gasteiger charge is 2.46. The summed E-state index contributed by atoms with van der Waals surface area (Å²) in [6.45, 7) is 3.84. The molecule has 0 radical (unpaired) electrons. The molecule has 1 heterocycles. The Morgan fingerprint density at radius 3 is 1.88 bits per heavy atom. The van der Waals surface area contributed by atoms with Gasteiger partial charge in [0.15, 0.2) is 18.3 Å². The average Bonchev–Trinajstić information content (AvgIpc) is 2.77. The zero-order valence-electron chi connectivity index (χ0n) is 18.3. The minimum Gasteiger partial charge on any atom is -0.458 e. The SMILES string of the molecule is CC(=O)O[C@@H]1[C@@H](OC(C)=O)[C@H](Sc2ccc(-c3ccc(C#N)cc3)cc2)SC[C@H]1OC(C)=O. The Morgan fingerprint density at radius 1 is 0.848 bits per heavy atom. The molecule has 0 unspecified atom stereocenters. The topological polar surface area (TPSA) is 103 Å². The number of hydrogen-bond donors (Lipinski definition) is 0. The van der Waals surface area contributed by atoms with Crippen LogP contribution in [-0.2, 0) is 28.6 Å². The Balaban J connectivity index is 1.79. The third kappa shape index (κ3) is 6.76. The van der Waals surface area contributed by atoms with Crippen molar-refractivity contribution in [1.82, 2.24) is 0 Å². The molecule has 2 aromatic carbocycles. The maximum absolute atomic E-state index is 11.8. The van der Waals surface area contributed by atoms with Crippen molar-refractivity contribution in [2.45, 2.75) is 48.6 Å². The lowest BCUT2D eigenvalue weighted by Gasteiger charge is -2.39. The van der Waals surface area contributed by atoms with E-state index in [9.17, 15) is 14.4 Å². The molecule has 0 amide bonds. The molecule has 0 N–H and O–H groups in total. The quantitative estimate of drug-likeness (QED) is 0.440. The van der Waals surface area contributed by atoms with Gasteiger partial charge in [-0.15, -0.1) is 23.5 Å². The molecule has 0 bridgehead atoms. The van der Waals surface area contributed by atoms with Crippen molar-refractivity contribution < 1.29 is 28.6 Å². The lowest BCUT2D eigenvalue weighted by atomic mass is 10.0. The zero-order chi connectivity index (χ0) is 24.0. The molecular formula is C24H23NO6S2. The molecule has 0 aliphatic carbocycles. The number of hydrogen-bond acceptors (Lipinski definition) is 9. The molecule has 172 valence electrons. The fourth-order valence-corrected chi connectivity index (χ4v) is 6.19. The predicted molar refractivity (Wildman–Crippen MR) is 125 cm³/mol. The summed E-state index contributed by atoms with van der Waals surface area (Å²) < 4.78 is 16.0. The van der Waals surface area contributed by atoms with E-state index in [1.165, 1.54) is 44.3 Å². The Morgan fingerprint density at radius 2 is 1.36 bits per heavy atom. The number of rotatable bonds is 6. The van der Waals surface area contributed by atoms with Crippen LogP contribution in [0.4, 0.5) is 0 Å². The smallest absolute Gasteiger partial charge is 0.303 e. The number of ether oxygens (including phenoxy) is 3. The van der Waals surface area contributed by atoms with Crippen LogP contribution in [0.2, 0.25) is 0 Å². The van der Waals surface area contributed by atoms with Gasteiger partial charge in [0.25, 0.3) is 0 Å². The molecule has 3 rings (SSSR count). The molecule has 0 spiro atoms. The first-order chi connectivity index (χ1) is 15.8. The minimum atomic E-state index is -0.896. The Hall–Kier alpha value is -2.96. The van der Waals surface area contributed by atoms with E-state index >= 15 is 0 Å². The highest BCUT2D eigenvalue weighted by molar-refractivity contribution is 8.17. The van der Waals surface area contributed by atoms with Gasteiger partial charge in [0, 0.05) is 31.4 Å². The summed E-state index contributed by atoms with van der Waals surface area (Å²) in [6, 6.07) is 17.3. The molecule has 4 atom stereocenters. The summed E-state index contributed by atoms with van der Waals surface area (Å²) in [5, 5.41) is 8.96. The molecule has 0 saturated carbocycles. The fraction of sp³-hybridized carbons (Fsp3) is 0.333. The molecular weight excluding hydrogens is 462 g/mol. The fourth-order valence-electron chi connectivity index (χ4n) is 3.41. The first kappa shape index (κ1) is 24.7. The third-order valence-corrected chi connectivity index (χ3v) is 7.62. The van der Waals surface area contributed by atoms with Crippen LogP contribution in [0.25, 0.3) is 11.1 Å². The number of esters is 3. The van der Waals surface area contributed by atoms with Gasteiger partial charge in [-0.2, -0.15) is 5.26 Å². The maximum atomic E-state index is 11.8. The molecule has 1 aliphatic heterocycles. The molecule has 2 aromatic rings. The minimum absolute atomic E-state index is 0.272. The molecule has 1 saturated heterocycles. The average molecular weight is 486 g/mol. The van der Waals surface area contributed by atoms with Gasteiger partial charge in [0.1, 0.15) is 0 Å². The van der Waals surface area contributed by atoms with E-state index in [0.717, 1.165) is 16.0 Å². The summed E-state index contributed by atoms with van der Waals surface area (Å²) in [7, 11) is 0. The van der Waals surface area contributed by atoms with Crippen LogP contribution in [0.3, 0.4) is 0 Å². The van der Waals surface area contributed by atoms with Crippen molar-refractivity contribution in [2.24, 2.45) is 0 Å². The van der Waals surface area contributed by atoms with Crippen molar-refractivity contribution in [1.29, 1.82) is 5.26 Å². The zero-order valence-corrected chi connectivity index (χ0v) is 20.0. The maximum Gasteiger partial charge on any atom is 0.303 e. The Bertz CT molecular complexity index is 1050. The monoisotopic (exact) mass is 485 g/mol. The second kappa shape index (κ2) is 11.3. The van der Waals surface area contributed by atoms with Gasteiger partial charge in [0.05, 0.1) is 16.2 Å². The van der Waals surface area contributed by atoms with Crippen molar-refractivity contribution in [2.75, 3.05) is 5.75 Å². The molecule has 1 fully saturated rings. The van der Waals surface area contributed by atoms with E-state index < -0.39 is 36.2 Å². The van der Waals surface area contributed by atoms with Crippen LogP contribution in [0.15, 0.2) is 53.4 Å². The van der Waals surface area contributed by atoms with Crippen LogP contribution in [0.5, 0.6) is 0 Å². The van der Waals surface area contributed by atoms with E-state index in [0.29, 0.717) is 11.3 Å². The normalized spacial score (nSPS) is 22.0. The van der Waals surface area contributed by atoms with Gasteiger partial charge in [0.2, 0.25) is 0 Å². The van der Waals surface area contributed by atoms with Crippen LogP contribution in [-0.4, -0.2) is 46.6 Å². The van der Waals surface area contributed by atoms with Crippen molar-refractivity contribution in [3.8, 4) is 17.2 Å². The summed E-state index contributed by atoms with van der Waals surface area (Å²) in [4.78, 5) is 36.0. The van der Waals surface area contributed by atoms with Crippen LogP contribution < -0.4 is 0 Å². The van der Waals surface area contributed by atoms with Crippen LogP contribution in [0, 0.1) is 11.3 Å². The summed E-state index contributed by atoms with van der Waals surface area (Å²) in [5.74, 6) is -1.15. The van der Waals surface area contributed by atoms with Crippen molar-refractivity contribution in [3.05, 3.63) is 54.1 Å². The molecule has 1 aliphatic rings. The van der Waals surface area contributed by atoms with Gasteiger partial charge >= 0.3 is 17.9 Å². The highest BCUT2D eigenvalue weighted by Crippen LogP contribution is 2.42. The number of nitrogens with zero attached hydrogens (tertiary/aromatic N) is 1. The molecule has 7 nitrogen and oxygen atoms in total. The van der Waals surface area contributed by atoms with Gasteiger partial charge in [-0.25, -0.2) is 0 Å². The first-order valence-electron chi connectivity index (χ1n) is 10.2. The van der Waals surface area contributed by atoms with Gasteiger partial charge < -0.3 is 14.2 Å². The number of thioether (sulfide) groups is 2. The molecule has 9 heteroatoms. The van der Waals surface area contributed by atoms with E-state index in [-0.39, 0.29) is 4.58 Å². The molecule has 0 aromatic heterocycles. The summed E-state index contributed by atoms with van der Waals surface area (Å²) in [5.41, 5.74) is 2.60. The van der Waals surface area contributed by atoms with Gasteiger partial charge in [-0.3, -0.25) is 14.4 Å². The predicted octanol–water partition coefficient (Wildman–Crippen LogP) is 4.19. The van der Waals surface area contributed by atoms with E-state index in [1.807, 2.05) is 36.4 Å². The lowest BCUT2D eigenvalue weighted by molar-refractivity contribution is -0.180. The molecule has 33 heavy (non-hydrogen) atoms. The van der Waals surface area contributed by atoms with E-state index in [1.54, 1.807) is 12.1 Å².